The first-order chi connectivity index (χ1) is 5.68. The van der Waals surface area contributed by atoms with E-state index in [1.54, 1.807) is 0 Å². The van der Waals surface area contributed by atoms with Crippen molar-refractivity contribution in [3.05, 3.63) is 0 Å². The van der Waals surface area contributed by atoms with Crippen molar-refractivity contribution in [1.82, 2.24) is 0 Å². The van der Waals surface area contributed by atoms with Gasteiger partial charge >= 0.3 is 0 Å². The van der Waals surface area contributed by atoms with E-state index in [1.165, 1.54) is 19.3 Å². The van der Waals surface area contributed by atoms with E-state index in [0.717, 1.165) is 13.0 Å². The summed E-state index contributed by atoms with van der Waals surface area (Å²) < 4.78 is 5.64. The van der Waals surface area contributed by atoms with Crippen molar-refractivity contribution in [1.29, 1.82) is 0 Å². The third-order valence-corrected chi connectivity index (χ3v) is 4.44. The predicted octanol–water partition coefficient (Wildman–Crippen LogP) is 1.33. The molecule has 1 aliphatic heterocycles. The van der Waals surface area contributed by atoms with Gasteiger partial charge in [-0.2, -0.15) is 0 Å². The Balaban J connectivity index is 2.03. The Morgan fingerprint density at radius 1 is 1.50 bits per heavy atom. The molecule has 0 aromatic rings. The van der Waals surface area contributed by atoms with Gasteiger partial charge in [0.25, 0.3) is 0 Å². The maximum absolute atomic E-state index is 9.86. The minimum Gasteiger partial charge on any atom is -0.393 e. The van der Waals surface area contributed by atoms with E-state index in [0.29, 0.717) is 11.3 Å². The first-order valence-corrected chi connectivity index (χ1v) is 5.00. The van der Waals surface area contributed by atoms with Gasteiger partial charge < -0.3 is 9.84 Å². The fourth-order valence-corrected chi connectivity index (χ4v) is 3.63. The highest BCUT2D eigenvalue weighted by atomic mass is 16.6. The smallest absolute Gasteiger partial charge is 0.102 e. The van der Waals surface area contributed by atoms with Crippen molar-refractivity contribution in [3.63, 3.8) is 0 Å². The lowest BCUT2D eigenvalue weighted by Crippen LogP contribution is -2.39. The molecule has 0 aromatic heterocycles. The molecule has 1 saturated heterocycles. The van der Waals surface area contributed by atoms with Gasteiger partial charge in [-0.3, -0.25) is 0 Å². The molecule has 1 N–H and O–H groups in total. The summed E-state index contributed by atoms with van der Waals surface area (Å²) in [6.45, 7) is 3.20. The van der Waals surface area contributed by atoms with Gasteiger partial charge in [0.05, 0.1) is 12.7 Å². The summed E-state index contributed by atoms with van der Waals surface area (Å²) in [7, 11) is 0. The monoisotopic (exact) mass is 168 g/mol. The zero-order valence-electron chi connectivity index (χ0n) is 7.55. The lowest BCUT2D eigenvalue weighted by Gasteiger charge is -2.35. The summed E-state index contributed by atoms with van der Waals surface area (Å²) in [5.74, 6) is 0.455. The molecule has 2 heteroatoms. The van der Waals surface area contributed by atoms with Crippen molar-refractivity contribution in [2.45, 2.75) is 44.3 Å². The number of aliphatic hydroxyl groups is 1. The minimum absolute atomic E-state index is 0.0833. The van der Waals surface area contributed by atoms with Crippen LogP contribution in [-0.2, 0) is 4.74 Å². The molecule has 3 rings (SSSR count). The van der Waals surface area contributed by atoms with Crippen molar-refractivity contribution in [2.75, 3.05) is 6.61 Å². The number of epoxide rings is 1. The summed E-state index contributed by atoms with van der Waals surface area (Å²) in [4.78, 5) is 0. The van der Waals surface area contributed by atoms with E-state index in [-0.39, 0.29) is 11.7 Å². The van der Waals surface area contributed by atoms with Crippen LogP contribution in [0.4, 0.5) is 0 Å². The van der Waals surface area contributed by atoms with Crippen LogP contribution < -0.4 is 0 Å². The summed E-state index contributed by atoms with van der Waals surface area (Å²) in [6, 6.07) is 0. The van der Waals surface area contributed by atoms with Gasteiger partial charge in [0.15, 0.2) is 0 Å². The average Bonchev–Trinajstić information content (AvgIpc) is 2.73. The molecule has 0 aromatic carbocycles. The first kappa shape index (κ1) is 7.34. The summed E-state index contributed by atoms with van der Waals surface area (Å²) >= 11 is 0. The zero-order chi connectivity index (χ0) is 8.40. The lowest BCUT2D eigenvalue weighted by atomic mass is 9.68. The van der Waals surface area contributed by atoms with Gasteiger partial charge in [0, 0.05) is 11.3 Å². The van der Waals surface area contributed by atoms with Gasteiger partial charge in [-0.1, -0.05) is 13.3 Å². The highest BCUT2D eigenvalue weighted by molar-refractivity contribution is 5.19. The van der Waals surface area contributed by atoms with Gasteiger partial charge in [0.1, 0.15) is 5.60 Å². The van der Waals surface area contributed by atoms with Crippen LogP contribution in [0.5, 0.6) is 0 Å². The van der Waals surface area contributed by atoms with Gasteiger partial charge in [-0.05, 0) is 19.3 Å². The van der Waals surface area contributed by atoms with Crippen LogP contribution in [-0.4, -0.2) is 23.4 Å². The Hall–Kier alpha value is -0.0800. The maximum atomic E-state index is 9.86. The Labute approximate surface area is 72.9 Å². The van der Waals surface area contributed by atoms with E-state index in [9.17, 15) is 5.11 Å². The zero-order valence-corrected chi connectivity index (χ0v) is 7.55. The molecule has 12 heavy (non-hydrogen) atoms. The Morgan fingerprint density at radius 3 is 2.75 bits per heavy atom. The highest BCUT2D eigenvalue weighted by Crippen LogP contribution is 2.65. The largest absolute Gasteiger partial charge is 0.393 e. The molecule has 4 atom stereocenters. The third-order valence-electron chi connectivity index (χ3n) is 4.44. The summed E-state index contributed by atoms with van der Waals surface area (Å²) in [5.41, 5.74) is 0.417. The summed E-state index contributed by atoms with van der Waals surface area (Å²) in [6.07, 6.45) is 4.60. The highest BCUT2D eigenvalue weighted by Gasteiger charge is 2.70. The fraction of sp³-hybridized carbons (Fsp3) is 1.00. The quantitative estimate of drug-likeness (QED) is 0.553. The number of hydrogen-bond donors (Lipinski definition) is 1. The number of rotatable bonds is 0. The van der Waals surface area contributed by atoms with Crippen LogP contribution in [0.2, 0.25) is 0 Å². The minimum atomic E-state index is -0.0833. The molecule has 1 heterocycles. The van der Waals surface area contributed by atoms with Gasteiger partial charge in [-0.15, -0.1) is 0 Å². The summed E-state index contributed by atoms with van der Waals surface area (Å²) in [5, 5.41) is 9.86. The molecule has 2 saturated carbocycles. The second-order valence-electron chi connectivity index (χ2n) is 5.01. The molecule has 0 amide bonds. The first-order valence-electron chi connectivity index (χ1n) is 5.00. The molecule has 1 spiro atoms. The van der Waals surface area contributed by atoms with Crippen LogP contribution in [0.1, 0.15) is 32.6 Å². The van der Waals surface area contributed by atoms with Crippen molar-refractivity contribution >= 4 is 0 Å². The lowest BCUT2D eigenvalue weighted by molar-refractivity contribution is 0.0565. The second kappa shape index (κ2) is 1.88. The van der Waals surface area contributed by atoms with Crippen LogP contribution >= 0.6 is 0 Å². The molecule has 2 bridgehead atoms. The predicted molar refractivity (Wildman–Crippen MR) is 44.8 cm³/mol. The van der Waals surface area contributed by atoms with Crippen LogP contribution in [0, 0.1) is 11.3 Å². The van der Waals surface area contributed by atoms with E-state index < -0.39 is 0 Å². The van der Waals surface area contributed by atoms with Gasteiger partial charge in [0.2, 0.25) is 0 Å². The molecule has 3 fully saturated rings. The van der Waals surface area contributed by atoms with Crippen LogP contribution in [0.3, 0.4) is 0 Å². The maximum Gasteiger partial charge on any atom is 0.102 e. The second-order valence-corrected chi connectivity index (χ2v) is 5.01. The Kier molecular flexibility index (Phi) is 1.15. The van der Waals surface area contributed by atoms with E-state index >= 15 is 0 Å². The molecular weight excluding hydrogens is 152 g/mol. The molecular formula is C10H16O2. The Bertz CT molecular complexity index is 222. The van der Waals surface area contributed by atoms with Crippen LogP contribution in [0.25, 0.3) is 0 Å². The van der Waals surface area contributed by atoms with Crippen LogP contribution in [0.15, 0.2) is 0 Å². The van der Waals surface area contributed by atoms with Gasteiger partial charge in [-0.25, -0.2) is 0 Å². The number of hydrogen-bond acceptors (Lipinski definition) is 2. The SMILES string of the molecule is CC12CCCC(C(O)C1)C21CO1. The standard InChI is InChI=1S/C10H16O2/c1-9-4-2-3-7(8(11)5-9)10(9)6-12-10/h7-8,11H,2-6H2,1H3. The topological polar surface area (TPSA) is 32.8 Å². The molecule has 2 nitrogen and oxygen atoms in total. The molecule has 68 valence electrons. The van der Waals surface area contributed by atoms with Crippen molar-refractivity contribution in [2.24, 2.45) is 11.3 Å². The normalized spacial score (nSPS) is 62.5. The fourth-order valence-electron chi connectivity index (χ4n) is 3.63. The molecule has 3 aliphatic rings. The molecule has 0 radical (unpaired) electrons. The third kappa shape index (κ3) is 0.612. The van der Waals surface area contributed by atoms with Crippen molar-refractivity contribution in [3.8, 4) is 0 Å². The van der Waals surface area contributed by atoms with Crippen molar-refractivity contribution < 1.29 is 9.84 Å². The van der Waals surface area contributed by atoms with E-state index in [1.807, 2.05) is 0 Å². The average molecular weight is 168 g/mol. The van der Waals surface area contributed by atoms with E-state index in [4.69, 9.17) is 4.74 Å². The Morgan fingerprint density at radius 2 is 2.25 bits per heavy atom. The number of aliphatic hydroxyl groups excluding tert-OH is 1. The molecule has 4 unspecified atom stereocenters. The van der Waals surface area contributed by atoms with E-state index in [2.05, 4.69) is 6.92 Å². The molecule has 2 aliphatic carbocycles. The number of ether oxygens (including phenoxy) is 1.